The quantitative estimate of drug-likeness (QED) is 0.754. The molecule has 130 valence electrons. The van der Waals surface area contributed by atoms with E-state index >= 15 is 0 Å². The van der Waals surface area contributed by atoms with Gasteiger partial charge in [0, 0.05) is 17.7 Å². The fourth-order valence-electron chi connectivity index (χ4n) is 2.71. The topological polar surface area (TPSA) is 72.0 Å². The van der Waals surface area contributed by atoms with Crippen molar-refractivity contribution in [3.63, 3.8) is 0 Å². The van der Waals surface area contributed by atoms with Gasteiger partial charge in [0.2, 0.25) is 0 Å². The third-order valence-corrected chi connectivity index (χ3v) is 5.39. The molecule has 0 spiro atoms. The lowest BCUT2D eigenvalue weighted by atomic mass is 10.0. The summed E-state index contributed by atoms with van der Waals surface area (Å²) in [6.07, 6.45) is 3.69. The van der Waals surface area contributed by atoms with Crippen molar-refractivity contribution in [2.24, 2.45) is 0 Å². The number of aryl methyl sites for hydroxylation is 1. The lowest BCUT2D eigenvalue weighted by Crippen LogP contribution is -2.09. The number of nitrogens with zero attached hydrogens (tertiary/aromatic N) is 2. The molecule has 1 atom stereocenters. The Bertz CT molecular complexity index is 999. The van der Waals surface area contributed by atoms with Gasteiger partial charge in [-0.05, 0) is 42.7 Å². The van der Waals surface area contributed by atoms with Crippen LogP contribution in [0.25, 0.3) is 10.9 Å². The summed E-state index contributed by atoms with van der Waals surface area (Å²) in [5.41, 5.74) is 3.14. The molecule has 0 bridgehead atoms. The molecule has 3 rings (SSSR count). The molecule has 2 aromatic carbocycles. The van der Waals surface area contributed by atoms with Crippen molar-refractivity contribution >= 4 is 26.6 Å². The first-order valence-electron chi connectivity index (χ1n) is 8.18. The van der Waals surface area contributed by atoms with Crippen molar-refractivity contribution in [2.45, 2.75) is 31.2 Å². The lowest BCUT2D eigenvalue weighted by Gasteiger charge is -2.17. The molecule has 0 amide bonds. The second-order valence-corrected chi connectivity index (χ2v) is 8.15. The molecule has 0 fully saturated rings. The molecule has 1 heterocycles. The summed E-state index contributed by atoms with van der Waals surface area (Å²) in [4.78, 5) is 8.80. The third-order valence-electron chi connectivity index (χ3n) is 4.28. The maximum atomic E-state index is 11.8. The van der Waals surface area contributed by atoms with Crippen molar-refractivity contribution in [1.29, 1.82) is 0 Å². The van der Waals surface area contributed by atoms with E-state index in [0.717, 1.165) is 12.0 Å². The number of hydrogen-bond donors (Lipinski definition) is 1. The first kappa shape index (κ1) is 17.4. The summed E-state index contributed by atoms with van der Waals surface area (Å²) in [6.45, 7) is 4.18. The van der Waals surface area contributed by atoms with Crippen molar-refractivity contribution in [1.82, 2.24) is 9.97 Å². The highest BCUT2D eigenvalue weighted by Gasteiger charge is 2.13. The van der Waals surface area contributed by atoms with Crippen LogP contribution in [0.15, 0.2) is 53.7 Å². The van der Waals surface area contributed by atoms with Gasteiger partial charge >= 0.3 is 0 Å². The smallest absolute Gasteiger partial charge is 0.175 e. The van der Waals surface area contributed by atoms with E-state index in [9.17, 15) is 8.42 Å². The maximum Gasteiger partial charge on any atom is 0.175 e. The molecule has 1 aromatic heterocycles. The van der Waals surface area contributed by atoms with E-state index in [0.29, 0.717) is 16.7 Å². The number of rotatable bonds is 5. The first-order chi connectivity index (χ1) is 11.9. The molecule has 0 aliphatic heterocycles. The Hall–Kier alpha value is -2.47. The molecular formula is C19H21N3O2S. The van der Waals surface area contributed by atoms with Gasteiger partial charge in [0.25, 0.3) is 0 Å². The van der Waals surface area contributed by atoms with Gasteiger partial charge in [-0.2, -0.15) is 0 Å². The zero-order valence-corrected chi connectivity index (χ0v) is 15.3. The van der Waals surface area contributed by atoms with E-state index in [1.807, 2.05) is 0 Å². The van der Waals surface area contributed by atoms with Crippen LogP contribution in [0.4, 0.5) is 5.82 Å². The van der Waals surface area contributed by atoms with Crippen molar-refractivity contribution in [3.05, 3.63) is 59.9 Å². The Kier molecular flexibility index (Phi) is 4.72. The second-order valence-electron chi connectivity index (χ2n) is 6.13. The SMILES string of the molecule is CCc1ccc(C(C)Nc2ncnc3ccc(S(C)(=O)=O)cc23)cc1. The fourth-order valence-corrected chi connectivity index (χ4v) is 3.36. The summed E-state index contributed by atoms with van der Waals surface area (Å²) in [7, 11) is -3.28. The number of benzene rings is 2. The molecule has 0 aliphatic carbocycles. The number of aromatic nitrogens is 2. The minimum atomic E-state index is -3.28. The lowest BCUT2D eigenvalue weighted by molar-refractivity contribution is 0.602. The Morgan fingerprint density at radius 3 is 2.44 bits per heavy atom. The van der Waals surface area contributed by atoms with E-state index in [1.165, 1.54) is 18.1 Å². The van der Waals surface area contributed by atoms with Gasteiger partial charge in [-0.1, -0.05) is 31.2 Å². The Morgan fingerprint density at radius 1 is 1.08 bits per heavy atom. The number of nitrogens with one attached hydrogen (secondary N) is 1. The van der Waals surface area contributed by atoms with Gasteiger partial charge in [-0.3, -0.25) is 0 Å². The predicted octanol–water partition coefficient (Wildman–Crippen LogP) is 3.77. The molecule has 1 N–H and O–H groups in total. The van der Waals surface area contributed by atoms with E-state index in [4.69, 9.17) is 0 Å². The summed E-state index contributed by atoms with van der Waals surface area (Å²) in [5.74, 6) is 0.627. The highest BCUT2D eigenvalue weighted by molar-refractivity contribution is 7.90. The minimum Gasteiger partial charge on any atom is -0.363 e. The zero-order valence-electron chi connectivity index (χ0n) is 14.5. The van der Waals surface area contributed by atoms with Crippen LogP contribution in [0.1, 0.15) is 31.0 Å². The molecule has 0 aliphatic rings. The molecule has 5 nitrogen and oxygen atoms in total. The highest BCUT2D eigenvalue weighted by atomic mass is 32.2. The molecule has 0 saturated carbocycles. The molecule has 25 heavy (non-hydrogen) atoms. The number of anilines is 1. The van der Waals surface area contributed by atoms with Gasteiger partial charge in [0.15, 0.2) is 9.84 Å². The molecule has 6 heteroatoms. The van der Waals surface area contributed by atoms with Gasteiger partial charge in [0.1, 0.15) is 12.1 Å². The number of fused-ring (bicyclic) bond motifs is 1. The van der Waals surface area contributed by atoms with Gasteiger partial charge in [0.05, 0.1) is 10.4 Å². The maximum absolute atomic E-state index is 11.8. The van der Waals surface area contributed by atoms with Crippen LogP contribution in [0.3, 0.4) is 0 Å². The van der Waals surface area contributed by atoms with Crippen LogP contribution < -0.4 is 5.32 Å². The monoisotopic (exact) mass is 355 g/mol. The summed E-state index contributed by atoms with van der Waals surface area (Å²) in [6, 6.07) is 13.4. The minimum absolute atomic E-state index is 0.0332. The largest absolute Gasteiger partial charge is 0.363 e. The van der Waals surface area contributed by atoms with Crippen molar-refractivity contribution < 1.29 is 8.42 Å². The van der Waals surface area contributed by atoms with E-state index in [1.54, 1.807) is 18.2 Å². The van der Waals surface area contributed by atoms with Crippen LogP contribution in [0, 0.1) is 0 Å². The van der Waals surface area contributed by atoms with Crippen molar-refractivity contribution in [3.8, 4) is 0 Å². The number of hydrogen-bond acceptors (Lipinski definition) is 5. The van der Waals surface area contributed by atoms with Crippen LogP contribution in [0.2, 0.25) is 0 Å². The van der Waals surface area contributed by atoms with E-state index in [-0.39, 0.29) is 10.9 Å². The van der Waals surface area contributed by atoms with Gasteiger partial charge in [-0.25, -0.2) is 18.4 Å². The van der Waals surface area contributed by atoms with Crippen molar-refractivity contribution in [2.75, 3.05) is 11.6 Å². The molecule has 0 radical (unpaired) electrons. The molecule has 0 saturated heterocycles. The Balaban J connectivity index is 1.97. The average molecular weight is 355 g/mol. The summed E-state index contributed by atoms with van der Waals surface area (Å²) >= 11 is 0. The van der Waals surface area contributed by atoms with E-state index < -0.39 is 9.84 Å². The van der Waals surface area contributed by atoms with Crippen LogP contribution in [0.5, 0.6) is 0 Å². The summed E-state index contributed by atoms with van der Waals surface area (Å²) in [5, 5.41) is 4.07. The van der Waals surface area contributed by atoms with Crippen LogP contribution in [-0.2, 0) is 16.3 Å². The first-order valence-corrected chi connectivity index (χ1v) is 10.1. The second kappa shape index (κ2) is 6.80. The number of sulfone groups is 1. The zero-order chi connectivity index (χ0) is 18.0. The van der Waals surface area contributed by atoms with Crippen LogP contribution in [-0.4, -0.2) is 24.6 Å². The van der Waals surface area contributed by atoms with E-state index in [2.05, 4.69) is 53.4 Å². The predicted molar refractivity (Wildman–Crippen MR) is 101 cm³/mol. The fraction of sp³-hybridized carbons (Fsp3) is 0.263. The highest BCUT2D eigenvalue weighted by Crippen LogP contribution is 2.26. The van der Waals surface area contributed by atoms with Gasteiger partial charge < -0.3 is 5.32 Å². The molecule has 1 unspecified atom stereocenters. The van der Waals surface area contributed by atoms with Gasteiger partial charge in [-0.15, -0.1) is 0 Å². The molecule has 3 aromatic rings. The third kappa shape index (κ3) is 3.79. The Labute approximate surface area is 148 Å². The van der Waals surface area contributed by atoms with Crippen LogP contribution >= 0.6 is 0 Å². The standard InChI is InChI=1S/C19H21N3O2S/c1-4-14-5-7-15(8-6-14)13(2)22-19-17-11-16(25(3,23)24)9-10-18(17)20-12-21-19/h5-13H,4H2,1-3H3,(H,20,21,22). The summed E-state index contributed by atoms with van der Waals surface area (Å²) < 4.78 is 23.7. The average Bonchev–Trinajstić information content (AvgIpc) is 2.61. The normalized spacial score (nSPS) is 12.9. The molecular weight excluding hydrogens is 334 g/mol. The Morgan fingerprint density at radius 2 is 1.80 bits per heavy atom.